The largest absolute Gasteiger partial charge is 0.491 e. The van der Waals surface area contributed by atoms with Gasteiger partial charge in [0.2, 0.25) is 0 Å². The van der Waals surface area contributed by atoms with Crippen molar-refractivity contribution in [2.75, 3.05) is 26.4 Å². The Morgan fingerprint density at radius 2 is 1.67 bits per heavy atom. The van der Waals surface area contributed by atoms with Gasteiger partial charge in [-0.1, -0.05) is 51.1 Å². The number of benzene rings is 1. The van der Waals surface area contributed by atoms with Crippen molar-refractivity contribution in [2.24, 2.45) is 0 Å². The molecule has 0 fully saturated rings. The van der Waals surface area contributed by atoms with Crippen LogP contribution in [0.4, 0.5) is 0 Å². The van der Waals surface area contributed by atoms with Crippen molar-refractivity contribution in [1.82, 2.24) is 0 Å². The Hall–Kier alpha value is -1.06. The van der Waals surface area contributed by atoms with Gasteiger partial charge in [-0.3, -0.25) is 0 Å². The summed E-state index contributed by atoms with van der Waals surface area (Å²) in [6.45, 7) is 2.64. The second-order valence-corrected chi connectivity index (χ2v) is 5.01. The molecule has 0 heterocycles. The van der Waals surface area contributed by atoms with Gasteiger partial charge in [0, 0.05) is 0 Å². The summed E-state index contributed by atoms with van der Waals surface area (Å²) < 4.78 is 42.8. The van der Waals surface area contributed by atoms with Gasteiger partial charge in [0.1, 0.15) is 12.4 Å². The number of aliphatic hydroxyl groups is 1. The van der Waals surface area contributed by atoms with Gasteiger partial charge < -0.3 is 14.6 Å². The molecule has 3 nitrogen and oxygen atoms in total. The lowest BCUT2D eigenvalue weighted by Crippen LogP contribution is -2.09. The van der Waals surface area contributed by atoms with Crippen LogP contribution in [-0.2, 0) is 11.2 Å². The lowest BCUT2D eigenvalue weighted by Gasteiger charge is -2.07. The summed E-state index contributed by atoms with van der Waals surface area (Å²) in [5.74, 6) is -0.0331. The molecular weight excluding hydrogens is 264 g/mol. The van der Waals surface area contributed by atoms with Gasteiger partial charge in [-0.2, -0.15) is 0 Å². The molecule has 0 aliphatic heterocycles. The minimum Gasteiger partial charge on any atom is -0.491 e. The second-order valence-electron chi connectivity index (χ2n) is 5.01. The van der Waals surface area contributed by atoms with E-state index in [1.54, 1.807) is 0 Å². The van der Waals surface area contributed by atoms with Crippen LogP contribution >= 0.6 is 0 Å². The third-order valence-corrected chi connectivity index (χ3v) is 3.14. The lowest BCUT2D eigenvalue weighted by atomic mass is 10.0. The molecule has 0 aromatic heterocycles. The third kappa shape index (κ3) is 9.48. The lowest BCUT2D eigenvalue weighted by molar-refractivity contribution is 0.0705. The Labute approximate surface area is 134 Å². The minimum atomic E-state index is -0.135. The highest BCUT2D eigenvalue weighted by molar-refractivity contribution is 5.27. The fourth-order valence-electron chi connectivity index (χ4n) is 1.98. The molecule has 0 bridgehead atoms. The average Bonchev–Trinajstić information content (AvgIpc) is 2.61. The van der Waals surface area contributed by atoms with Gasteiger partial charge in [-0.15, -0.1) is 0 Å². The van der Waals surface area contributed by atoms with E-state index < -0.39 is 0 Å². The van der Waals surface area contributed by atoms with Crippen molar-refractivity contribution in [3.63, 3.8) is 0 Å². The van der Waals surface area contributed by atoms with E-state index in [0.717, 1.165) is 19.3 Å². The first-order valence-corrected chi connectivity index (χ1v) is 7.95. The van der Waals surface area contributed by atoms with E-state index in [4.69, 9.17) is 20.1 Å². The molecular formula is C18H30O3. The molecule has 21 heavy (non-hydrogen) atoms. The van der Waals surface area contributed by atoms with E-state index in [9.17, 15) is 0 Å². The van der Waals surface area contributed by atoms with Crippen LogP contribution in [0.2, 0.25) is 0 Å². The first-order valence-electron chi connectivity index (χ1n) is 9.95. The molecule has 1 rings (SSSR count). The predicted octanol–water partition coefficient (Wildman–Crippen LogP) is 3.98. The Morgan fingerprint density at radius 3 is 2.38 bits per heavy atom. The summed E-state index contributed by atoms with van der Waals surface area (Å²) in [6, 6.07) is -0.296. The Morgan fingerprint density at radius 1 is 0.952 bits per heavy atom. The number of hydrogen-bond donors (Lipinski definition) is 1. The fraction of sp³-hybridized carbons (Fsp3) is 0.667. The molecule has 3 heteroatoms. The molecule has 0 spiro atoms. The Kier molecular flexibility index (Phi) is 7.53. The first-order chi connectivity index (χ1) is 12.0. The van der Waals surface area contributed by atoms with Gasteiger partial charge in [0.05, 0.1) is 25.3 Å². The van der Waals surface area contributed by atoms with Crippen LogP contribution in [-0.4, -0.2) is 31.5 Å². The molecule has 1 aromatic carbocycles. The summed E-state index contributed by atoms with van der Waals surface area (Å²) in [5, 5.41) is 8.63. The number of rotatable bonds is 13. The van der Waals surface area contributed by atoms with Crippen LogP contribution < -0.4 is 4.74 Å². The SMILES string of the molecule is [2H]c1c([2H])c(OCCOCCO)c([2H])c([2H])c1CCCCCCCC. The predicted molar refractivity (Wildman–Crippen MR) is 86.9 cm³/mol. The number of ether oxygens (including phenoxy) is 2. The molecule has 1 N–H and O–H groups in total. The van der Waals surface area contributed by atoms with Crippen molar-refractivity contribution in [3.8, 4) is 5.75 Å². The summed E-state index contributed by atoms with van der Waals surface area (Å²) >= 11 is 0. The van der Waals surface area contributed by atoms with E-state index in [0.29, 0.717) is 12.0 Å². The monoisotopic (exact) mass is 298 g/mol. The quantitative estimate of drug-likeness (QED) is 0.560. The molecule has 0 saturated carbocycles. The van der Waals surface area contributed by atoms with Crippen LogP contribution in [0, 0.1) is 0 Å². The molecule has 0 atom stereocenters. The molecule has 120 valence electrons. The molecule has 1 aromatic rings. The van der Waals surface area contributed by atoms with E-state index in [2.05, 4.69) is 6.92 Å². The number of hydrogen-bond acceptors (Lipinski definition) is 3. The Balaban J connectivity index is 2.66. The van der Waals surface area contributed by atoms with Gasteiger partial charge in [-0.05, 0) is 30.5 Å². The maximum absolute atomic E-state index is 8.63. The molecule has 0 aliphatic rings. The molecule has 0 saturated heterocycles. The molecule has 0 aliphatic carbocycles. The maximum atomic E-state index is 8.63. The van der Waals surface area contributed by atoms with Crippen molar-refractivity contribution in [1.29, 1.82) is 0 Å². The van der Waals surface area contributed by atoms with E-state index in [1.165, 1.54) is 19.3 Å². The van der Waals surface area contributed by atoms with Crippen LogP contribution in [0.5, 0.6) is 5.75 Å². The van der Waals surface area contributed by atoms with Gasteiger partial charge in [0.15, 0.2) is 0 Å². The highest BCUT2D eigenvalue weighted by atomic mass is 16.5. The molecule has 0 unspecified atom stereocenters. The Bertz CT molecular complexity index is 495. The van der Waals surface area contributed by atoms with Crippen molar-refractivity contribution in [2.45, 2.75) is 51.9 Å². The zero-order chi connectivity index (χ0) is 18.7. The third-order valence-electron chi connectivity index (χ3n) is 3.14. The topological polar surface area (TPSA) is 38.7 Å². The first kappa shape index (κ1) is 12.5. The van der Waals surface area contributed by atoms with E-state index in [-0.39, 0.29) is 56.3 Å². The van der Waals surface area contributed by atoms with Gasteiger partial charge in [0.25, 0.3) is 0 Å². The van der Waals surface area contributed by atoms with Gasteiger partial charge >= 0.3 is 0 Å². The summed E-state index contributed by atoms with van der Waals surface area (Å²) in [7, 11) is 0. The van der Waals surface area contributed by atoms with Crippen molar-refractivity contribution < 1.29 is 20.1 Å². The van der Waals surface area contributed by atoms with Crippen LogP contribution in [0.1, 0.15) is 56.5 Å². The van der Waals surface area contributed by atoms with Crippen molar-refractivity contribution in [3.05, 3.63) is 29.7 Å². The maximum Gasteiger partial charge on any atom is 0.119 e. The average molecular weight is 298 g/mol. The van der Waals surface area contributed by atoms with E-state index >= 15 is 0 Å². The van der Waals surface area contributed by atoms with Gasteiger partial charge in [-0.25, -0.2) is 0 Å². The van der Waals surface area contributed by atoms with Crippen molar-refractivity contribution >= 4 is 0 Å². The number of aliphatic hydroxyl groups excluding tert-OH is 1. The minimum absolute atomic E-state index is 0.0131. The smallest absolute Gasteiger partial charge is 0.119 e. The standard InChI is InChI=1S/C18H30O3/c1-2-3-4-5-6-7-8-17-9-11-18(12-10-17)21-16-15-20-14-13-19/h9-12,19H,2-8,13-16H2,1H3/i9D,10D,11D,12D. The van der Waals surface area contributed by atoms with E-state index in [1.807, 2.05) is 0 Å². The summed E-state index contributed by atoms with van der Waals surface area (Å²) in [6.07, 6.45) is 7.25. The van der Waals surface area contributed by atoms with Crippen LogP contribution in [0.15, 0.2) is 24.2 Å². The number of unbranched alkanes of at least 4 members (excludes halogenated alkanes) is 5. The van der Waals surface area contributed by atoms with Crippen LogP contribution in [0.3, 0.4) is 0 Å². The van der Waals surface area contributed by atoms with Crippen LogP contribution in [0.25, 0.3) is 0 Å². The zero-order valence-electron chi connectivity index (χ0n) is 17.0. The summed E-state index contributed by atoms with van der Waals surface area (Å²) in [5.41, 5.74) is 0.467. The highest BCUT2D eigenvalue weighted by Crippen LogP contribution is 2.15. The highest BCUT2D eigenvalue weighted by Gasteiger charge is 1.97. The fourth-order valence-corrected chi connectivity index (χ4v) is 1.98. The summed E-state index contributed by atoms with van der Waals surface area (Å²) in [4.78, 5) is 0. The normalized spacial score (nSPS) is 13.4. The molecule has 0 radical (unpaired) electrons. The molecule has 0 amide bonds. The second kappa shape index (κ2) is 12.7. The zero-order valence-corrected chi connectivity index (χ0v) is 13.0.